The Kier molecular flexibility index (Phi) is 6.00. The second-order valence-electron chi connectivity index (χ2n) is 8.17. The first-order chi connectivity index (χ1) is 14.8. The number of aryl methyl sites for hydroxylation is 2. The molecule has 3 aromatic rings. The molecule has 164 valence electrons. The van der Waals surface area contributed by atoms with Crippen LogP contribution in [0.2, 0.25) is 5.02 Å². The van der Waals surface area contributed by atoms with Gasteiger partial charge in [0.05, 0.1) is 21.8 Å². The van der Waals surface area contributed by atoms with Crippen LogP contribution in [0.1, 0.15) is 31.8 Å². The minimum Gasteiger partial charge on any atom is -0.354 e. The van der Waals surface area contributed by atoms with Crippen LogP contribution < -0.4 is 10.2 Å². The van der Waals surface area contributed by atoms with Crippen molar-refractivity contribution in [3.63, 3.8) is 0 Å². The highest BCUT2D eigenvalue weighted by molar-refractivity contribution is 6.32. The molecule has 0 atom stereocenters. The molecular weight excluding hydrogens is 414 g/mol. The van der Waals surface area contributed by atoms with Gasteiger partial charge in [-0.1, -0.05) is 23.7 Å². The van der Waals surface area contributed by atoms with Crippen LogP contribution in [0.5, 0.6) is 0 Å². The van der Waals surface area contributed by atoms with Gasteiger partial charge in [0, 0.05) is 32.2 Å². The number of nitrogens with zero attached hydrogens (tertiary/aromatic N) is 6. The zero-order chi connectivity index (χ0) is 22.1. The van der Waals surface area contributed by atoms with Gasteiger partial charge in [-0.3, -0.25) is 0 Å². The molecule has 2 aromatic heterocycles. The van der Waals surface area contributed by atoms with E-state index in [1.165, 1.54) is 0 Å². The van der Waals surface area contributed by atoms with E-state index in [9.17, 15) is 4.79 Å². The Labute approximate surface area is 187 Å². The van der Waals surface area contributed by atoms with E-state index in [2.05, 4.69) is 10.2 Å². The van der Waals surface area contributed by atoms with E-state index in [4.69, 9.17) is 26.7 Å². The van der Waals surface area contributed by atoms with Gasteiger partial charge in [-0.25, -0.2) is 19.4 Å². The number of carbonyl (C=O) groups is 1. The number of halogens is 1. The lowest BCUT2D eigenvalue weighted by Crippen LogP contribution is -2.44. The summed E-state index contributed by atoms with van der Waals surface area (Å²) in [5.74, 6) is 1.54. The van der Waals surface area contributed by atoms with Crippen molar-refractivity contribution in [1.82, 2.24) is 30.0 Å². The van der Waals surface area contributed by atoms with Crippen molar-refractivity contribution in [1.29, 1.82) is 0 Å². The summed E-state index contributed by atoms with van der Waals surface area (Å²) in [6.45, 7) is 10.7. The molecule has 1 aliphatic heterocycles. The van der Waals surface area contributed by atoms with Crippen LogP contribution >= 0.6 is 11.6 Å². The first-order valence-electron chi connectivity index (χ1n) is 10.6. The third kappa shape index (κ3) is 4.30. The molecule has 31 heavy (non-hydrogen) atoms. The van der Waals surface area contributed by atoms with E-state index >= 15 is 0 Å². The Morgan fingerprint density at radius 1 is 1.10 bits per heavy atom. The molecular formula is C22H28ClN7O. The average Bonchev–Trinajstić information content (AvgIpc) is 2.89. The third-order valence-corrected chi connectivity index (χ3v) is 5.69. The molecule has 1 N–H and O–H groups in total. The standard InChI is InChI=1S/C22H28ClN7O/c1-14(2)24-22(31)29-11-7-10-28(12-13-29)20-19-15(3)27-30(21(19)26-16(4)25-20)18-9-6-5-8-17(18)23/h5-6,8-9,14H,7,10-13H2,1-4H3,(H,24,31). The molecule has 8 nitrogen and oxygen atoms in total. The smallest absolute Gasteiger partial charge is 0.317 e. The summed E-state index contributed by atoms with van der Waals surface area (Å²) >= 11 is 6.44. The van der Waals surface area contributed by atoms with Gasteiger partial charge in [-0.15, -0.1) is 0 Å². The predicted molar refractivity (Wildman–Crippen MR) is 123 cm³/mol. The Hall–Kier alpha value is -2.87. The molecule has 0 aliphatic carbocycles. The minimum atomic E-state index is -0.0106. The first-order valence-corrected chi connectivity index (χ1v) is 11.0. The van der Waals surface area contributed by atoms with E-state index < -0.39 is 0 Å². The number of hydrogen-bond donors (Lipinski definition) is 1. The molecule has 0 saturated carbocycles. The van der Waals surface area contributed by atoms with E-state index in [0.717, 1.165) is 47.7 Å². The van der Waals surface area contributed by atoms with Crippen LogP contribution in [0.3, 0.4) is 0 Å². The zero-order valence-electron chi connectivity index (χ0n) is 18.4. The molecule has 4 rings (SSSR count). The van der Waals surface area contributed by atoms with Crippen molar-refractivity contribution in [2.75, 3.05) is 31.1 Å². The molecule has 3 heterocycles. The second kappa shape index (κ2) is 8.70. The first kappa shape index (κ1) is 21.4. The Balaban J connectivity index is 1.70. The third-order valence-electron chi connectivity index (χ3n) is 5.37. The highest BCUT2D eigenvalue weighted by Crippen LogP contribution is 2.31. The maximum Gasteiger partial charge on any atom is 0.317 e. The van der Waals surface area contributed by atoms with E-state index in [1.807, 2.05) is 56.9 Å². The Morgan fingerprint density at radius 2 is 1.87 bits per heavy atom. The Bertz CT molecular complexity index is 1110. The molecule has 2 amide bonds. The quantitative estimate of drug-likeness (QED) is 0.670. The topological polar surface area (TPSA) is 79.2 Å². The average molecular weight is 442 g/mol. The zero-order valence-corrected chi connectivity index (χ0v) is 19.1. The SMILES string of the molecule is Cc1nc(N2CCCN(C(=O)NC(C)C)CC2)c2c(C)nn(-c3ccccc3Cl)c2n1. The number of nitrogens with one attached hydrogen (secondary N) is 1. The van der Waals surface area contributed by atoms with Gasteiger partial charge in [-0.05, 0) is 46.2 Å². The Morgan fingerprint density at radius 3 is 2.61 bits per heavy atom. The highest BCUT2D eigenvalue weighted by atomic mass is 35.5. The van der Waals surface area contributed by atoms with Gasteiger partial charge >= 0.3 is 6.03 Å². The number of aromatic nitrogens is 4. The monoisotopic (exact) mass is 441 g/mol. The maximum absolute atomic E-state index is 12.5. The molecule has 1 aliphatic rings. The summed E-state index contributed by atoms with van der Waals surface area (Å²) in [6, 6.07) is 7.72. The number of rotatable bonds is 3. The van der Waals surface area contributed by atoms with Crippen molar-refractivity contribution in [3.05, 3.63) is 40.8 Å². The molecule has 9 heteroatoms. The summed E-state index contributed by atoms with van der Waals surface area (Å²) in [6.07, 6.45) is 0.869. The van der Waals surface area contributed by atoms with Crippen LogP contribution in [-0.4, -0.2) is 62.9 Å². The van der Waals surface area contributed by atoms with Crippen LogP contribution in [0.15, 0.2) is 24.3 Å². The van der Waals surface area contributed by atoms with Crippen LogP contribution in [-0.2, 0) is 0 Å². The molecule has 1 aromatic carbocycles. The minimum absolute atomic E-state index is 0.0106. The molecule has 0 radical (unpaired) electrons. The van der Waals surface area contributed by atoms with Gasteiger partial charge in [0.15, 0.2) is 5.65 Å². The van der Waals surface area contributed by atoms with Crippen molar-refractivity contribution in [3.8, 4) is 5.69 Å². The number of anilines is 1. The summed E-state index contributed by atoms with van der Waals surface area (Å²) in [4.78, 5) is 26.1. The number of carbonyl (C=O) groups excluding carboxylic acids is 1. The van der Waals surface area contributed by atoms with Gasteiger partial charge < -0.3 is 15.1 Å². The lowest BCUT2D eigenvalue weighted by Gasteiger charge is -2.24. The number of benzene rings is 1. The number of para-hydroxylation sites is 1. The number of amides is 2. The van der Waals surface area contributed by atoms with Crippen molar-refractivity contribution in [2.45, 2.75) is 40.2 Å². The van der Waals surface area contributed by atoms with Gasteiger partial charge in [0.1, 0.15) is 11.6 Å². The van der Waals surface area contributed by atoms with Crippen molar-refractivity contribution in [2.24, 2.45) is 0 Å². The maximum atomic E-state index is 12.5. The number of hydrogen-bond acceptors (Lipinski definition) is 5. The fraction of sp³-hybridized carbons (Fsp3) is 0.455. The van der Waals surface area contributed by atoms with Crippen LogP contribution in [0.25, 0.3) is 16.7 Å². The lowest BCUT2D eigenvalue weighted by atomic mass is 10.2. The highest BCUT2D eigenvalue weighted by Gasteiger charge is 2.25. The van der Waals surface area contributed by atoms with Gasteiger partial charge in [-0.2, -0.15) is 5.10 Å². The number of urea groups is 1. The molecule has 0 unspecified atom stereocenters. The molecule has 1 saturated heterocycles. The van der Waals surface area contributed by atoms with Crippen LogP contribution in [0.4, 0.5) is 10.6 Å². The van der Waals surface area contributed by atoms with Crippen molar-refractivity contribution < 1.29 is 4.79 Å². The van der Waals surface area contributed by atoms with Gasteiger partial charge in [0.2, 0.25) is 0 Å². The second-order valence-corrected chi connectivity index (χ2v) is 8.58. The van der Waals surface area contributed by atoms with Gasteiger partial charge in [0.25, 0.3) is 0 Å². The molecule has 0 bridgehead atoms. The van der Waals surface area contributed by atoms with Crippen molar-refractivity contribution >= 4 is 34.5 Å². The fourth-order valence-electron chi connectivity index (χ4n) is 3.96. The normalized spacial score (nSPS) is 14.9. The van der Waals surface area contributed by atoms with Crippen LogP contribution in [0, 0.1) is 13.8 Å². The van der Waals surface area contributed by atoms with E-state index in [0.29, 0.717) is 23.9 Å². The fourth-order valence-corrected chi connectivity index (χ4v) is 4.17. The summed E-state index contributed by atoms with van der Waals surface area (Å²) in [7, 11) is 0. The largest absolute Gasteiger partial charge is 0.354 e. The summed E-state index contributed by atoms with van der Waals surface area (Å²) in [5.41, 5.74) is 2.38. The van der Waals surface area contributed by atoms with E-state index in [1.54, 1.807) is 4.68 Å². The summed E-state index contributed by atoms with van der Waals surface area (Å²) in [5, 5.41) is 9.27. The number of fused-ring (bicyclic) bond motifs is 1. The van der Waals surface area contributed by atoms with E-state index in [-0.39, 0.29) is 12.1 Å². The predicted octanol–water partition coefficient (Wildman–Crippen LogP) is 3.72. The lowest BCUT2D eigenvalue weighted by molar-refractivity contribution is 0.199. The molecule has 0 spiro atoms. The molecule has 1 fully saturated rings. The summed E-state index contributed by atoms with van der Waals surface area (Å²) < 4.78 is 1.80.